The van der Waals surface area contributed by atoms with E-state index in [-0.39, 0.29) is 0 Å². The normalized spacial score (nSPS) is 13.5. The van der Waals surface area contributed by atoms with Gasteiger partial charge in [-0.15, -0.1) is 0 Å². The molecule has 0 spiro atoms. The van der Waals surface area contributed by atoms with Crippen LogP contribution in [0.3, 0.4) is 0 Å². The van der Waals surface area contributed by atoms with Crippen molar-refractivity contribution in [1.82, 2.24) is 0 Å². The third-order valence-electron chi connectivity index (χ3n) is 3.33. The highest BCUT2D eigenvalue weighted by Gasteiger charge is 2.21. The summed E-state index contributed by atoms with van der Waals surface area (Å²) in [5.74, 6) is -0.319. The van der Waals surface area contributed by atoms with E-state index in [4.69, 9.17) is 22.3 Å². The van der Waals surface area contributed by atoms with Gasteiger partial charge in [-0.05, 0) is 18.6 Å². The molecule has 140 valence electrons. The van der Waals surface area contributed by atoms with Gasteiger partial charge in [0.25, 0.3) is 0 Å². The lowest BCUT2D eigenvalue weighted by Crippen LogP contribution is -2.31. The van der Waals surface area contributed by atoms with E-state index in [9.17, 15) is 5.11 Å². The van der Waals surface area contributed by atoms with Crippen LogP contribution in [0.2, 0.25) is 0 Å². The van der Waals surface area contributed by atoms with Crippen LogP contribution in [-0.2, 0) is 10.4 Å². The third-order valence-corrected chi connectivity index (χ3v) is 3.33. The number of benzene rings is 1. The molecule has 0 saturated carbocycles. The molecule has 0 bridgehead atoms. The van der Waals surface area contributed by atoms with Gasteiger partial charge in [-0.3, -0.25) is 9.11 Å². The lowest BCUT2D eigenvalue weighted by molar-refractivity contribution is -0.127. The minimum atomic E-state index is -4.67. The number of aliphatic hydroxyl groups is 1. The fourth-order valence-electron chi connectivity index (χ4n) is 2.20. The maximum absolute atomic E-state index is 10.2. The van der Waals surface area contributed by atoms with Gasteiger partial charge in [-0.25, -0.2) is 0 Å². The van der Waals surface area contributed by atoms with Gasteiger partial charge in [0.15, 0.2) is 0 Å². The first kappa shape index (κ1) is 22.9. The lowest BCUT2D eigenvalue weighted by atomic mass is 10.1. The molecule has 1 aromatic carbocycles. The first-order chi connectivity index (χ1) is 11.1. The zero-order valence-corrected chi connectivity index (χ0v) is 15.3. The molecular formula is C17H30O6S. The fraction of sp³-hybridized carbons (Fsp3) is 0.647. The summed E-state index contributed by atoms with van der Waals surface area (Å²) in [6, 6.07) is 9.52. The highest BCUT2D eigenvalue weighted by atomic mass is 32.3. The van der Waals surface area contributed by atoms with E-state index < -0.39 is 16.2 Å². The average molecular weight is 362 g/mol. The summed E-state index contributed by atoms with van der Waals surface area (Å²) >= 11 is 0. The second-order valence-corrected chi connectivity index (χ2v) is 6.80. The SMILES string of the molecule is CCCCCCCCCC(C)(O)Oc1ccccc1.O=S(=O)(O)O. The molecule has 0 aliphatic heterocycles. The molecular weight excluding hydrogens is 332 g/mol. The molecule has 6 nitrogen and oxygen atoms in total. The number of para-hydroxylation sites is 1. The molecule has 1 aromatic rings. The molecule has 0 aliphatic rings. The summed E-state index contributed by atoms with van der Waals surface area (Å²) in [7, 11) is -4.67. The van der Waals surface area contributed by atoms with Crippen LogP contribution in [0, 0.1) is 0 Å². The molecule has 1 unspecified atom stereocenters. The topological polar surface area (TPSA) is 104 Å². The van der Waals surface area contributed by atoms with E-state index in [0.29, 0.717) is 6.42 Å². The summed E-state index contributed by atoms with van der Waals surface area (Å²) < 4.78 is 37.2. The van der Waals surface area contributed by atoms with Gasteiger partial charge < -0.3 is 9.84 Å². The van der Waals surface area contributed by atoms with E-state index >= 15 is 0 Å². The Morgan fingerprint density at radius 3 is 1.92 bits per heavy atom. The van der Waals surface area contributed by atoms with Crippen molar-refractivity contribution in [3.63, 3.8) is 0 Å². The maximum Gasteiger partial charge on any atom is 0.394 e. The van der Waals surface area contributed by atoms with E-state index in [1.165, 1.54) is 38.5 Å². The minimum absolute atomic E-state index is 0.690. The molecule has 0 amide bonds. The minimum Gasteiger partial charge on any atom is -0.463 e. The van der Waals surface area contributed by atoms with Crippen molar-refractivity contribution in [3.8, 4) is 5.75 Å². The number of hydrogen-bond donors (Lipinski definition) is 3. The Morgan fingerprint density at radius 2 is 1.42 bits per heavy atom. The number of rotatable bonds is 10. The Balaban J connectivity index is 0.000000922. The van der Waals surface area contributed by atoms with Crippen molar-refractivity contribution in [2.45, 2.75) is 71.0 Å². The molecule has 1 atom stereocenters. The molecule has 0 heterocycles. The van der Waals surface area contributed by atoms with Crippen LogP contribution < -0.4 is 4.74 Å². The van der Waals surface area contributed by atoms with Crippen molar-refractivity contribution in [2.75, 3.05) is 0 Å². The van der Waals surface area contributed by atoms with Crippen molar-refractivity contribution in [3.05, 3.63) is 30.3 Å². The van der Waals surface area contributed by atoms with Gasteiger partial charge in [0.05, 0.1) is 0 Å². The molecule has 0 saturated heterocycles. The second kappa shape index (κ2) is 12.2. The molecule has 0 aromatic heterocycles. The van der Waals surface area contributed by atoms with Crippen molar-refractivity contribution in [1.29, 1.82) is 0 Å². The monoisotopic (exact) mass is 362 g/mol. The van der Waals surface area contributed by atoms with Crippen LogP contribution >= 0.6 is 0 Å². The lowest BCUT2D eigenvalue weighted by Gasteiger charge is -2.24. The Hall–Kier alpha value is -1.15. The molecule has 3 N–H and O–H groups in total. The van der Waals surface area contributed by atoms with Gasteiger partial charge >= 0.3 is 10.4 Å². The first-order valence-corrected chi connectivity index (χ1v) is 9.70. The molecule has 1 rings (SSSR count). The van der Waals surface area contributed by atoms with E-state index in [1.807, 2.05) is 30.3 Å². The average Bonchev–Trinajstić information content (AvgIpc) is 2.45. The van der Waals surface area contributed by atoms with E-state index in [0.717, 1.165) is 12.2 Å². The molecule has 0 fully saturated rings. The molecule has 7 heteroatoms. The Kier molecular flexibility index (Phi) is 11.7. The van der Waals surface area contributed by atoms with Crippen molar-refractivity contribution < 1.29 is 27.4 Å². The summed E-state index contributed by atoms with van der Waals surface area (Å²) in [4.78, 5) is 0. The van der Waals surface area contributed by atoms with Crippen LogP contribution in [0.4, 0.5) is 0 Å². The van der Waals surface area contributed by atoms with Gasteiger partial charge in [0.1, 0.15) is 5.75 Å². The van der Waals surface area contributed by atoms with Crippen LogP contribution in [0.15, 0.2) is 30.3 Å². The summed E-state index contributed by atoms with van der Waals surface area (Å²) in [6.45, 7) is 3.98. The molecule has 0 aliphatic carbocycles. The smallest absolute Gasteiger partial charge is 0.394 e. The van der Waals surface area contributed by atoms with Gasteiger partial charge in [-0.1, -0.05) is 63.6 Å². The highest BCUT2D eigenvalue weighted by Crippen LogP contribution is 2.21. The molecule has 24 heavy (non-hydrogen) atoms. The zero-order chi connectivity index (χ0) is 18.5. The summed E-state index contributed by atoms with van der Waals surface area (Å²) in [5, 5.41) is 10.2. The quantitative estimate of drug-likeness (QED) is 0.326. The van der Waals surface area contributed by atoms with Gasteiger partial charge in [-0.2, -0.15) is 8.42 Å². The zero-order valence-electron chi connectivity index (χ0n) is 14.5. The maximum atomic E-state index is 10.2. The van der Waals surface area contributed by atoms with Gasteiger partial charge in [0.2, 0.25) is 5.79 Å². The predicted octanol–water partition coefficient (Wildman–Crippen LogP) is 4.26. The number of hydrogen-bond acceptors (Lipinski definition) is 4. The van der Waals surface area contributed by atoms with Crippen LogP contribution in [0.5, 0.6) is 5.75 Å². The predicted molar refractivity (Wildman–Crippen MR) is 94.5 cm³/mol. The number of unbranched alkanes of at least 4 members (excludes halogenated alkanes) is 6. The second-order valence-electron chi connectivity index (χ2n) is 5.91. The fourth-order valence-corrected chi connectivity index (χ4v) is 2.20. The number of ether oxygens (including phenoxy) is 1. The van der Waals surface area contributed by atoms with Crippen LogP contribution in [0.25, 0.3) is 0 Å². The Morgan fingerprint density at radius 1 is 0.958 bits per heavy atom. The standard InChI is InChI=1S/C17H28O2.H2O4S/c1-3-4-5-6-7-8-12-15-17(2,18)19-16-13-10-9-11-14-16;1-5(2,3)4/h9-11,13-14,18H,3-8,12,15H2,1-2H3;(H2,1,2,3,4). The van der Waals surface area contributed by atoms with Crippen LogP contribution in [0.1, 0.15) is 65.2 Å². The Bertz CT molecular complexity index is 505. The van der Waals surface area contributed by atoms with E-state index in [1.54, 1.807) is 6.92 Å². The van der Waals surface area contributed by atoms with Crippen molar-refractivity contribution in [2.24, 2.45) is 0 Å². The highest BCUT2D eigenvalue weighted by molar-refractivity contribution is 7.79. The Labute approximate surface area is 145 Å². The van der Waals surface area contributed by atoms with Crippen LogP contribution in [-0.4, -0.2) is 28.4 Å². The summed E-state index contributed by atoms with van der Waals surface area (Å²) in [5.41, 5.74) is 0. The first-order valence-electron chi connectivity index (χ1n) is 8.30. The van der Waals surface area contributed by atoms with Gasteiger partial charge in [0, 0.05) is 13.3 Å². The third kappa shape index (κ3) is 17.2. The van der Waals surface area contributed by atoms with Crippen molar-refractivity contribution >= 4 is 10.4 Å². The largest absolute Gasteiger partial charge is 0.463 e. The van der Waals surface area contributed by atoms with E-state index in [2.05, 4.69) is 6.92 Å². The summed E-state index contributed by atoms with van der Waals surface area (Å²) in [6.07, 6.45) is 9.44. The molecule has 0 radical (unpaired) electrons.